The molecule has 86 valence electrons. The van der Waals surface area contributed by atoms with Crippen molar-refractivity contribution in [2.45, 2.75) is 26.3 Å². The monoisotopic (exact) mass is 217 g/mol. The Balaban J connectivity index is 2.40. The number of anilines is 1. The largest absolute Gasteiger partial charge is 0.494 e. The predicted octanol–water partition coefficient (Wildman–Crippen LogP) is 3.33. The first-order valence-corrected chi connectivity index (χ1v) is 5.74. The summed E-state index contributed by atoms with van der Waals surface area (Å²) in [5, 5.41) is 0. The van der Waals surface area contributed by atoms with E-state index >= 15 is 0 Å². The minimum absolute atomic E-state index is 0.0835. The first-order chi connectivity index (χ1) is 7.54. The van der Waals surface area contributed by atoms with Gasteiger partial charge in [0.1, 0.15) is 5.75 Å². The van der Waals surface area contributed by atoms with Gasteiger partial charge < -0.3 is 9.64 Å². The number of benzene rings is 1. The van der Waals surface area contributed by atoms with Gasteiger partial charge in [-0.05, 0) is 39.0 Å². The molecule has 0 saturated heterocycles. The first-order valence-electron chi connectivity index (χ1n) is 5.74. The van der Waals surface area contributed by atoms with Crippen LogP contribution in [0.4, 0.5) is 5.69 Å². The third-order valence-corrected chi connectivity index (χ3v) is 3.21. The molecule has 2 nitrogen and oxygen atoms in total. The molecule has 0 aliphatic carbocycles. The summed E-state index contributed by atoms with van der Waals surface area (Å²) < 4.78 is 5.51. The number of fused-ring (bicyclic) bond motifs is 1. The van der Waals surface area contributed by atoms with Gasteiger partial charge in [-0.25, -0.2) is 0 Å². The quantitative estimate of drug-likeness (QED) is 0.753. The van der Waals surface area contributed by atoms with Gasteiger partial charge in [0.2, 0.25) is 0 Å². The normalized spacial score (nSPS) is 17.1. The molecule has 1 aliphatic heterocycles. The highest BCUT2D eigenvalue weighted by Gasteiger charge is 2.25. The van der Waals surface area contributed by atoms with Gasteiger partial charge in [0.05, 0.1) is 12.1 Å². The fraction of sp³-hybridized carbons (Fsp3) is 0.429. The summed E-state index contributed by atoms with van der Waals surface area (Å²) in [6.07, 6.45) is 4.41. The molecule has 1 aromatic rings. The zero-order valence-electron chi connectivity index (χ0n) is 10.4. The van der Waals surface area contributed by atoms with E-state index in [1.807, 2.05) is 13.0 Å². The van der Waals surface area contributed by atoms with Crippen molar-refractivity contribution in [2.24, 2.45) is 0 Å². The molecule has 0 fully saturated rings. The van der Waals surface area contributed by atoms with Crippen molar-refractivity contribution in [1.29, 1.82) is 0 Å². The zero-order chi connectivity index (χ0) is 11.8. The zero-order valence-corrected chi connectivity index (χ0v) is 10.4. The topological polar surface area (TPSA) is 12.5 Å². The van der Waals surface area contributed by atoms with Crippen molar-refractivity contribution in [1.82, 2.24) is 0 Å². The summed E-state index contributed by atoms with van der Waals surface area (Å²) in [6, 6.07) is 6.26. The molecule has 0 aromatic heterocycles. The lowest BCUT2D eigenvalue weighted by molar-refractivity contribution is 0.340. The van der Waals surface area contributed by atoms with Crippen molar-refractivity contribution < 1.29 is 4.74 Å². The van der Waals surface area contributed by atoms with Crippen LogP contribution in [0.3, 0.4) is 0 Å². The molecular weight excluding hydrogens is 198 g/mol. The maximum absolute atomic E-state index is 5.51. The lowest BCUT2D eigenvalue weighted by atomic mass is 9.94. The smallest absolute Gasteiger partial charge is 0.120 e. The summed E-state index contributed by atoms with van der Waals surface area (Å²) in [4.78, 5) is 2.29. The van der Waals surface area contributed by atoms with Crippen LogP contribution in [0.25, 0.3) is 6.08 Å². The molecule has 0 amide bonds. The van der Waals surface area contributed by atoms with Crippen molar-refractivity contribution in [3.05, 3.63) is 29.8 Å². The van der Waals surface area contributed by atoms with E-state index < -0.39 is 0 Å². The highest BCUT2D eigenvalue weighted by Crippen LogP contribution is 2.35. The predicted molar refractivity (Wildman–Crippen MR) is 69.1 cm³/mol. The molecule has 2 heteroatoms. The standard InChI is InChI=1S/C14H19NO/c1-5-16-12-6-7-13-11(10-12)8-9-14(2,3)15(13)4/h6-10H,5H2,1-4H3. The molecule has 0 unspecified atom stereocenters. The Hall–Kier alpha value is -1.44. The Morgan fingerprint density at radius 1 is 1.31 bits per heavy atom. The molecule has 16 heavy (non-hydrogen) atoms. The minimum atomic E-state index is 0.0835. The van der Waals surface area contributed by atoms with E-state index in [0.29, 0.717) is 6.61 Å². The molecule has 0 N–H and O–H groups in total. The van der Waals surface area contributed by atoms with Crippen molar-refractivity contribution in [3.8, 4) is 5.75 Å². The number of hydrogen-bond donors (Lipinski definition) is 0. The molecule has 2 rings (SSSR count). The van der Waals surface area contributed by atoms with Gasteiger partial charge in [-0.15, -0.1) is 0 Å². The highest BCUT2D eigenvalue weighted by molar-refractivity contribution is 5.74. The number of hydrogen-bond acceptors (Lipinski definition) is 2. The van der Waals surface area contributed by atoms with E-state index in [1.54, 1.807) is 0 Å². The molecule has 1 aliphatic rings. The van der Waals surface area contributed by atoms with E-state index in [-0.39, 0.29) is 5.54 Å². The number of likely N-dealkylation sites (N-methyl/N-ethyl adjacent to an activating group) is 1. The van der Waals surface area contributed by atoms with Gasteiger partial charge in [-0.2, -0.15) is 0 Å². The average molecular weight is 217 g/mol. The Kier molecular flexibility index (Phi) is 2.66. The van der Waals surface area contributed by atoms with Crippen molar-refractivity contribution >= 4 is 11.8 Å². The van der Waals surface area contributed by atoms with E-state index in [9.17, 15) is 0 Å². The van der Waals surface area contributed by atoms with Crippen LogP contribution in [0.5, 0.6) is 5.75 Å². The Morgan fingerprint density at radius 2 is 2.06 bits per heavy atom. The third-order valence-electron chi connectivity index (χ3n) is 3.21. The van der Waals surface area contributed by atoms with E-state index in [2.05, 4.69) is 50.1 Å². The molecular formula is C14H19NO. The Morgan fingerprint density at radius 3 is 2.75 bits per heavy atom. The summed E-state index contributed by atoms with van der Waals surface area (Å²) in [5.41, 5.74) is 2.57. The summed E-state index contributed by atoms with van der Waals surface area (Å²) >= 11 is 0. The number of rotatable bonds is 2. The molecule has 0 saturated carbocycles. The van der Waals surface area contributed by atoms with Crippen LogP contribution in [0.15, 0.2) is 24.3 Å². The molecule has 0 bridgehead atoms. The number of ether oxygens (including phenoxy) is 1. The van der Waals surface area contributed by atoms with Crippen molar-refractivity contribution in [3.63, 3.8) is 0 Å². The Labute approximate surface area is 97.5 Å². The van der Waals surface area contributed by atoms with Crippen LogP contribution >= 0.6 is 0 Å². The van der Waals surface area contributed by atoms with Crippen LogP contribution in [-0.2, 0) is 0 Å². The third kappa shape index (κ3) is 1.80. The average Bonchev–Trinajstić information content (AvgIpc) is 2.25. The van der Waals surface area contributed by atoms with Gasteiger partial charge in [0.25, 0.3) is 0 Å². The fourth-order valence-corrected chi connectivity index (χ4v) is 1.94. The maximum Gasteiger partial charge on any atom is 0.120 e. The van der Waals surface area contributed by atoms with Crippen LogP contribution in [-0.4, -0.2) is 19.2 Å². The van der Waals surface area contributed by atoms with Gasteiger partial charge >= 0.3 is 0 Å². The summed E-state index contributed by atoms with van der Waals surface area (Å²) in [6.45, 7) is 7.14. The molecule has 1 heterocycles. The highest BCUT2D eigenvalue weighted by atomic mass is 16.5. The first kappa shape index (κ1) is 11.1. The van der Waals surface area contributed by atoms with Crippen LogP contribution < -0.4 is 9.64 Å². The molecule has 0 radical (unpaired) electrons. The lowest BCUT2D eigenvalue weighted by Crippen LogP contribution is -2.41. The molecule has 1 aromatic carbocycles. The van der Waals surface area contributed by atoms with Crippen LogP contribution in [0.1, 0.15) is 26.3 Å². The lowest BCUT2D eigenvalue weighted by Gasteiger charge is -2.39. The fourth-order valence-electron chi connectivity index (χ4n) is 1.94. The van der Waals surface area contributed by atoms with Gasteiger partial charge in [0.15, 0.2) is 0 Å². The number of nitrogens with zero attached hydrogens (tertiary/aromatic N) is 1. The van der Waals surface area contributed by atoms with Gasteiger partial charge in [0, 0.05) is 18.3 Å². The second-order valence-corrected chi connectivity index (χ2v) is 4.70. The minimum Gasteiger partial charge on any atom is -0.494 e. The van der Waals surface area contributed by atoms with Crippen LogP contribution in [0.2, 0.25) is 0 Å². The molecule has 0 atom stereocenters. The summed E-state index contributed by atoms with van der Waals surface area (Å²) in [5.74, 6) is 0.944. The second-order valence-electron chi connectivity index (χ2n) is 4.70. The SMILES string of the molecule is CCOc1ccc2c(c1)C=CC(C)(C)N2C. The maximum atomic E-state index is 5.51. The van der Waals surface area contributed by atoms with Gasteiger partial charge in [-0.1, -0.05) is 12.2 Å². The Bertz CT molecular complexity index is 421. The van der Waals surface area contributed by atoms with E-state index in [1.165, 1.54) is 11.3 Å². The van der Waals surface area contributed by atoms with Gasteiger partial charge in [-0.3, -0.25) is 0 Å². The van der Waals surface area contributed by atoms with Crippen LogP contribution in [0, 0.1) is 0 Å². The summed E-state index contributed by atoms with van der Waals surface area (Å²) in [7, 11) is 2.13. The van der Waals surface area contributed by atoms with Crippen molar-refractivity contribution in [2.75, 3.05) is 18.6 Å². The van der Waals surface area contributed by atoms with E-state index in [0.717, 1.165) is 5.75 Å². The second kappa shape index (κ2) is 3.85. The molecule has 0 spiro atoms. The van der Waals surface area contributed by atoms with E-state index in [4.69, 9.17) is 4.74 Å².